The Hall–Kier alpha value is -0.900. The molecule has 4 rings (SSSR count). The van der Waals surface area contributed by atoms with Gasteiger partial charge in [0.25, 0.3) is 0 Å². The Kier molecular flexibility index (Phi) is 4.96. The van der Waals surface area contributed by atoms with Gasteiger partial charge in [0.1, 0.15) is 5.78 Å². The molecule has 8 atom stereocenters. The molecule has 2 saturated carbocycles. The number of carbonyl (C=O) groups excluding carboxylic acids is 2. The van der Waals surface area contributed by atoms with Crippen LogP contribution in [0.3, 0.4) is 0 Å². The van der Waals surface area contributed by atoms with Crippen LogP contribution >= 0.6 is 0 Å². The van der Waals surface area contributed by atoms with Gasteiger partial charge in [0.05, 0.1) is 18.1 Å². The van der Waals surface area contributed by atoms with Crippen LogP contribution < -0.4 is 0 Å². The highest BCUT2D eigenvalue weighted by Crippen LogP contribution is 2.65. The summed E-state index contributed by atoms with van der Waals surface area (Å²) in [5.41, 5.74) is 0.221. The van der Waals surface area contributed by atoms with Crippen molar-refractivity contribution >= 4 is 11.8 Å². The maximum Gasteiger partial charge on any atom is 0.310 e. The Morgan fingerprint density at radius 2 is 1.86 bits per heavy atom. The van der Waals surface area contributed by atoms with Gasteiger partial charge in [-0.1, -0.05) is 13.8 Å². The summed E-state index contributed by atoms with van der Waals surface area (Å²) in [5, 5.41) is 0. The summed E-state index contributed by atoms with van der Waals surface area (Å²) >= 11 is 0. The average Bonchev–Trinajstić information content (AvgIpc) is 2.88. The molecule has 2 aliphatic carbocycles. The van der Waals surface area contributed by atoms with Gasteiger partial charge in [0, 0.05) is 12.0 Å². The van der Waals surface area contributed by atoms with Crippen LogP contribution in [0.4, 0.5) is 0 Å². The highest BCUT2D eigenvalue weighted by molar-refractivity contribution is 5.84. The monoisotopic (exact) mass is 389 g/mol. The van der Waals surface area contributed by atoms with Gasteiger partial charge in [-0.2, -0.15) is 0 Å². The SMILES string of the molecule is CC(C)OC(=O)C1C(C)C[C@H]2[C@@H]3CCN4C(C)C(=O)CC[C@]4(C)[C@@H]3CC[C@]12C. The standard InChI is InChI=1S/C24H39NO3/c1-14(2)28-22(27)21-15(3)13-19-17-9-12-25-16(4)20(26)8-11-24(25,6)18(17)7-10-23(19,21)5/h14-19,21H,7-13H2,1-6H3/t15?,16?,17-,18-,19+,21?,23+,24-/m1/s1. The Morgan fingerprint density at radius 1 is 1.14 bits per heavy atom. The molecule has 2 heterocycles. The zero-order valence-corrected chi connectivity index (χ0v) is 18.7. The Labute approximate surface area is 170 Å². The fourth-order valence-electron chi connectivity index (χ4n) is 8.11. The molecule has 158 valence electrons. The maximum atomic E-state index is 13.0. The molecule has 0 aromatic rings. The molecule has 0 bridgehead atoms. The summed E-state index contributed by atoms with van der Waals surface area (Å²) in [7, 11) is 0. The van der Waals surface area contributed by atoms with Crippen LogP contribution in [0.25, 0.3) is 0 Å². The number of Topliss-reactive ketones (excluding diaryl/α,β-unsaturated/α-hetero) is 1. The fraction of sp³-hybridized carbons (Fsp3) is 0.917. The van der Waals surface area contributed by atoms with Crippen molar-refractivity contribution in [3.63, 3.8) is 0 Å². The van der Waals surface area contributed by atoms with Crippen molar-refractivity contribution in [2.45, 2.75) is 97.8 Å². The first kappa shape index (κ1) is 20.4. The molecule has 4 aliphatic rings. The van der Waals surface area contributed by atoms with E-state index in [1.54, 1.807) is 0 Å². The molecular weight excluding hydrogens is 350 g/mol. The summed E-state index contributed by atoms with van der Waals surface area (Å²) in [4.78, 5) is 27.9. The molecule has 0 aromatic heterocycles. The normalized spacial score (nSPS) is 48.8. The quantitative estimate of drug-likeness (QED) is 0.654. The molecule has 0 aromatic carbocycles. The van der Waals surface area contributed by atoms with Crippen molar-refractivity contribution in [2.24, 2.45) is 35.0 Å². The first-order valence-corrected chi connectivity index (χ1v) is 11.6. The summed E-state index contributed by atoms with van der Waals surface area (Å²) in [6, 6.07) is 0.0734. The third-order valence-corrected chi connectivity index (χ3v) is 9.36. The predicted octanol–water partition coefficient (Wildman–Crippen LogP) is 4.46. The first-order chi connectivity index (χ1) is 13.1. The number of fused-ring (bicyclic) bond motifs is 5. The third kappa shape index (κ3) is 2.80. The van der Waals surface area contributed by atoms with Crippen LogP contribution in [0.15, 0.2) is 0 Å². The molecule has 2 saturated heterocycles. The molecular formula is C24H39NO3. The van der Waals surface area contributed by atoms with E-state index in [4.69, 9.17) is 4.74 Å². The van der Waals surface area contributed by atoms with Crippen molar-refractivity contribution in [3.05, 3.63) is 0 Å². The highest BCUT2D eigenvalue weighted by Gasteiger charge is 2.63. The van der Waals surface area contributed by atoms with E-state index in [0.717, 1.165) is 32.2 Å². The molecule has 4 nitrogen and oxygen atoms in total. The first-order valence-electron chi connectivity index (χ1n) is 11.6. The van der Waals surface area contributed by atoms with E-state index in [2.05, 4.69) is 32.6 Å². The van der Waals surface area contributed by atoms with Crippen LogP contribution in [-0.2, 0) is 14.3 Å². The van der Waals surface area contributed by atoms with E-state index < -0.39 is 0 Å². The van der Waals surface area contributed by atoms with Crippen LogP contribution in [0.5, 0.6) is 0 Å². The van der Waals surface area contributed by atoms with Crippen molar-refractivity contribution in [1.82, 2.24) is 4.90 Å². The highest BCUT2D eigenvalue weighted by atomic mass is 16.5. The summed E-state index contributed by atoms with van der Waals surface area (Å²) in [6.45, 7) is 14.1. The number of ether oxygens (including phenoxy) is 1. The van der Waals surface area contributed by atoms with Gasteiger partial charge in [-0.05, 0) is 95.4 Å². The molecule has 0 N–H and O–H groups in total. The largest absolute Gasteiger partial charge is 0.463 e. The topological polar surface area (TPSA) is 46.6 Å². The van der Waals surface area contributed by atoms with Crippen molar-refractivity contribution in [3.8, 4) is 0 Å². The minimum absolute atomic E-state index is 0.0338. The number of ketones is 1. The van der Waals surface area contributed by atoms with Gasteiger partial charge >= 0.3 is 5.97 Å². The van der Waals surface area contributed by atoms with E-state index in [-0.39, 0.29) is 35.0 Å². The van der Waals surface area contributed by atoms with Crippen molar-refractivity contribution in [2.75, 3.05) is 6.54 Å². The molecule has 2 aliphatic heterocycles. The van der Waals surface area contributed by atoms with Crippen molar-refractivity contribution < 1.29 is 14.3 Å². The number of hydrogen-bond acceptors (Lipinski definition) is 4. The molecule has 4 heteroatoms. The molecule has 0 spiro atoms. The number of esters is 1. The smallest absolute Gasteiger partial charge is 0.310 e. The zero-order chi connectivity index (χ0) is 20.4. The third-order valence-electron chi connectivity index (χ3n) is 9.36. The second kappa shape index (κ2) is 6.82. The second-order valence-electron chi connectivity index (χ2n) is 11.1. The lowest BCUT2D eigenvalue weighted by atomic mass is 9.51. The molecule has 0 amide bonds. The molecule has 4 fully saturated rings. The van der Waals surface area contributed by atoms with Gasteiger partial charge in [-0.15, -0.1) is 0 Å². The molecule has 0 radical (unpaired) electrons. The van der Waals surface area contributed by atoms with E-state index in [1.165, 1.54) is 12.8 Å². The minimum atomic E-state index is -0.0397. The van der Waals surface area contributed by atoms with Gasteiger partial charge in [-0.3, -0.25) is 14.5 Å². The Morgan fingerprint density at radius 3 is 2.54 bits per heavy atom. The summed E-state index contributed by atoms with van der Waals surface area (Å²) in [6.07, 6.45) is 6.34. The van der Waals surface area contributed by atoms with Gasteiger partial charge in [-0.25, -0.2) is 0 Å². The van der Waals surface area contributed by atoms with Gasteiger partial charge < -0.3 is 4.74 Å². The number of hydrogen-bond donors (Lipinski definition) is 0. The maximum absolute atomic E-state index is 13.0. The van der Waals surface area contributed by atoms with Crippen LogP contribution in [0.1, 0.15) is 80.1 Å². The Bertz CT molecular complexity index is 660. The van der Waals surface area contributed by atoms with E-state index in [1.807, 2.05) is 13.8 Å². The number of piperidine rings is 2. The van der Waals surface area contributed by atoms with Crippen LogP contribution in [0.2, 0.25) is 0 Å². The lowest BCUT2D eigenvalue weighted by Crippen LogP contribution is -2.67. The second-order valence-corrected chi connectivity index (χ2v) is 11.1. The lowest BCUT2D eigenvalue weighted by molar-refractivity contribution is -0.167. The number of nitrogens with zero attached hydrogens (tertiary/aromatic N) is 1. The number of rotatable bonds is 2. The fourth-order valence-corrected chi connectivity index (χ4v) is 8.11. The predicted molar refractivity (Wildman–Crippen MR) is 110 cm³/mol. The minimum Gasteiger partial charge on any atom is -0.463 e. The summed E-state index contributed by atoms with van der Waals surface area (Å²) in [5.74, 6) is 2.84. The van der Waals surface area contributed by atoms with Gasteiger partial charge in [0.2, 0.25) is 0 Å². The zero-order valence-electron chi connectivity index (χ0n) is 18.7. The van der Waals surface area contributed by atoms with E-state index in [0.29, 0.717) is 29.5 Å². The number of carbonyl (C=O) groups is 2. The van der Waals surface area contributed by atoms with E-state index >= 15 is 0 Å². The van der Waals surface area contributed by atoms with Gasteiger partial charge in [0.15, 0.2) is 0 Å². The lowest BCUT2D eigenvalue weighted by Gasteiger charge is -2.62. The summed E-state index contributed by atoms with van der Waals surface area (Å²) < 4.78 is 5.70. The average molecular weight is 390 g/mol. The van der Waals surface area contributed by atoms with E-state index in [9.17, 15) is 9.59 Å². The Balaban J connectivity index is 1.61. The van der Waals surface area contributed by atoms with Crippen LogP contribution in [-0.4, -0.2) is 40.9 Å². The molecule has 3 unspecified atom stereocenters. The molecule has 28 heavy (non-hydrogen) atoms. The van der Waals surface area contributed by atoms with Crippen LogP contribution in [0, 0.1) is 35.0 Å². The van der Waals surface area contributed by atoms with Crippen molar-refractivity contribution in [1.29, 1.82) is 0 Å².